The van der Waals surface area contributed by atoms with Gasteiger partial charge >= 0.3 is 0 Å². The van der Waals surface area contributed by atoms with Crippen molar-refractivity contribution in [3.63, 3.8) is 0 Å². The number of amides is 2. The van der Waals surface area contributed by atoms with E-state index < -0.39 is 0 Å². The van der Waals surface area contributed by atoms with Crippen LogP contribution in [-0.2, 0) is 11.2 Å². The third-order valence-electron chi connectivity index (χ3n) is 1.90. The maximum Gasteiger partial charge on any atom is 0.260 e. The molecule has 2 rings (SSSR count). The van der Waals surface area contributed by atoms with Crippen LogP contribution in [-0.4, -0.2) is 16.8 Å². The van der Waals surface area contributed by atoms with Crippen molar-refractivity contribution in [3.8, 4) is 0 Å². The summed E-state index contributed by atoms with van der Waals surface area (Å²) in [6.45, 7) is 0. The number of imide groups is 1. The molecule has 0 bridgehead atoms. The van der Waals surface area contributed by atoms with Crippen LogP contribution in [0.2, 0.25) is 0 Å². The molecule has 1 unspecified atom stereocenters. The normalized spacial score (nSPS) is 15.2. The second-order valence-corrected chi connectivity index (χ2v) is 3.33. The van der Waals surface area contributed by atoms with Crippen molar-refractivity contribution in [3.05, 3.63) is 23.4 Å². The number of nitrogens with one attached hydrogen (secondary N) is 1. The van der Waals surface area contributed by atoms with E-state index in [1.54, 1.807) is 12.3 Å². The largest absolute Gasteiger partial charge is 0.292 e. The maximum absolute atomic E-state index is 11.3. The second-order valence-electron chi connectivity index (χ2n) is 2.78. The van der Waals surface area contributed by atoms with Gasteiger partial charge in [0, 0.05) is 6.20 Å². The minimum Gasteiger partial charge on any atom is -0.292 e. The Labute approximate surface area is 76.9 Å². The molecule has 1 aromatic rings. The van der Waals surface area contributed by atoms with Gasteiger partial charge in [-0.15, -0.1) is 0 Å². The van der Waals surface area contributed by atoms with Crippen LogP contribution in [0.4, 0.5) is 0 Å². The number of carbonyl (C=O) groups excluding carboxylic acids is 2. The third kappa shape index (κ3) is 1.33. The molecular formula is C8H7N2O2P. The van der Waals surface area contributed by atoms with Crippen molar-refractivity contribution < 1.29 is 9.59 Å². The van der Waals surface area contributed by atoms with Crippen molar-refractivity contribution >= 4 is 26.5 Å². The topological polar surface area (TPSA) is 59.1 Å². The molecule has 0 radical (unpaired) electrons. The van der Waals surface area contributed by atoms with Crippen LogP contribution in [0.25, 0.3) is 0 Å². The molecule has 0 aromatic carbocycles. The van der Waals surface area contributed by atoms with Gasteiger partial charge in [0.2, 0.25) is 5.91 Å². The van der Waals surface area contributed by atoms with E-state index in [-0.39, 0.29) is 18.2 Å². The maximum atomic E-state index is 11.3. The fourth-order valence-electron chi connectivity index (χ4n) is 1.34. The highest BCUT2D eigenvalue weighted by molar-refractivity contribution is 7.27. The molecule has 66 valence electrons. The Hall–Kier alpha value is -1.28. The van der Waals surface area contributed by atoms with E-state index >= 15 is 0 Å². The standard InChI is InChI=1S/C8H7N2O2P/c11-5-3-4-1-2-9-8(13)6(4)7(12)10-5/h1-2H,3,13H2,(H,10,11,12). The van der Waals surface area contributed by atoms with Crippen LogP contribution in [0, 0.1) is 0 Å². The predicted octanol–water partition coefficient (Wildman–Crippen LogP) is -0.606. The molecule has 0 saturated heterocycles. The Morgan fingerprint density at radius 3 is 3.00 bits per heavy atom. The van der Waals surface area contributed by atoms with Crippen LogP contribution in [0.3, 0.4) is 0 Å². The van der Waals surface area contributed by atoms with Crippen molar-refractivity contribution in [1.29, 1.82) is 0 Å². The Kier molecular flexibility index (Phi) is 1.85. The molecule has 1 aromatic heterocycles. The SMILES string of the molecule is O=C1Cc2ccnc(P)c2C(=O)N1. The fraction of sp³-hybridized carbons (Fsp3) is 0.125. The summed E-state index contributed by atoms with van der Waals surface area (Å²) in [5.74, 6) is -0.613. The molecule has 0 aliphatic carbocycles. The van der Waals surface area contributed by atoms with Crippen LogP contribution in [0.1, 0.15) is 15.9 Å². The van der Waals surface area contributed by atoms with Crippen LogP contribution in [0.15, 0.2) is 12.3 Å². The first kappa shape index (κ1) is 8.32. The molecule has 0 spiro atoms. The highest BCUT2D eigenvalue weighted by Gasteiger charge is 2.23. The van der Waals surface area contributed by atoms with Gasteiger partial charge in [0.05, 0.1) is 17.4 Å². The highest BCUT2D eigenvalue weighted by Crippen LogP contribution is 2.12. The van der Waals surface area contributed by atoms with E-state index in [4.69, 9.17) is 0 Å². The minimum atomic E-state index is -0.357. The monoisotopic (exact) mass is 194 g/mol. The number of rotatable bonds is 0. The zero-order chi connectivity index (χ0) is 9.42. The van der Waals surface area contributed by atoms with E-state index in [9.17, 15) is 9.59 Å². The van der Waals surface area contributed by atoms with E-state index in [1.165, 1.54) is 0 Å². The fourth-order valence-corrected chi connectivity index (χ4v) is 1.74. The van der Waals surface area contributed by atoms with E-state index in [1.807, 2.05) is 0 Å². The first-order chi connectivity index (χ1) is 6.18. The van der Waals surface area contributed by atoms with E-state index in [0.29, 0.717) is 11.0 Å². The van der Waals surface area contributed by atoms with Gasteiger partial charge in [-0.2, -0.15) is 0 Å². The molecule has 5 heteroatoms. The zero-order valence-corrected chi connectivity index (χ0v) is 7.86. The molecule has 2 amide bonds. The van der Waals surface area contributed by atoms with Gasteiger partial charge in [-0.25, -0.2) is 0 Å². The van der Waals surface area contributed by atoms with Crippen molar-refractivity contribution in [1.82, 2.24) is 10.3 Å². The average Bonchev–Trinajstić information content (AvgIpc) is 2.02. The van der Waals surface area contributed by atoms with Gasteiger partial charge in [0.25, 0.3) is 5.91 Å². The van der Waals surface area contributed by atoms with Crippen LogP contribution < -0.4 is 10.8 Å². The summed E-state index contributed by atoms with van der Waals surface area (Å²) in [5, 5.41) is 2.25. The number of hydrogen-bond donors (Lipinski definition) is 1. The second kappa shape index (κ2) is 2.89. The summed E-state index contributed by atoms with van der Waals surface area (Å²) in [6, 6.07) is 1.69. The number of nitrogens with zero attached hydrogens (tertiary/aromatic N) is 1. The third-order valence-corrected chi connectivity index (χ3v) is 2.34. The molecule has 2 heterocycles. The van der Waals surface area contributed by atoms with Crippen LogP contribution >= 0.6 is 9.24 Å². The summed E-state index contributed by atoms with van der Waals surface area (Å²) in [5.41, 5.74) is 1.84. The van der Waals surface area contributed by atoms with Crippen molar-refractivity contribution in [2.45, 2.75) is 6.42 Å². The summed E-state index contributed by atoms with van der Waals surface area (Å²) >= 11 is 0. The lowest BCUT2D eigenvalue weighted by molar-refractivity contribution is -0.119. The summed E-state index contributed by atoms with van der Waals surface area (Å²) in [7, 11) is 2.38. The number of carbonyl (C=O) groups is 2. The quantitative estimate of drug-likeness (QED) is 0.443. The minimum absolute atomic E-state index is 0.255. The first-order valence-electron chi connectivity index (χ1n) is 3.76. The Balaban J connectivity index is 2.61. The van der Waals surface area contributed by atoms with E-state index in [0.717, 1.165) is 5.56 Å². The molecule has 13 heavy (non-hydrogen) atoms. The Morgan fingerprint density at radius 1 is 1.46 bits per heavy atom. The predicted molar refractivity (Wildman–Crippen MR) is 49.8 cm³/mol. The Bertz CT molecular complexity index is 403. The number of pyridine rings is 1. The van der Waals surface area contributed by atoms with Gasteiger partial charge in [-0.3, -0.25) is 19.9 Å². The van der Waals surface area contributed by atoms with Crippen molar-refractivity contribution in [2.75, 3.05) is 0 Å². The molecular weight excluding hydrogens is 187 g/mol. The summed E-state index contributed by atoms with van der Waals surface area (Å²) in [6.07, 6.45) is 1.85. The number of aromatic nitrogens is 1. The van der Waals surface area contributed by atoms with E-state index in [2.05, 4.69) is 19.5 Å². The highest BCUT2D eigenvalue weighted by atomic mass is 31.0. The number of hydrogen-bond acceptors (Lipinski definition) is 3. The molecule has 1 aliphatic heterocycles. The van der Waals surface area contributed by atoms with Gasteiger partial charge in [0.15, 0.2) is 0 Å². The average molecular weight is 194 g/mol. The van der Waals surface area contributed by atoms with Gasteiger partial charge in [-0.1, -0.05) is 9.24 Å². The molecule has 0 saturated carbocycles. The summed E-state index contributed by atoms with van der Waals surface area (Å²) < 4.78 is 0. The molecule has 4 nitrogen and oxygen atoms in total. The smallest absolute Gasteiger partial charge is 0.260 e. The Morgan fingerprint density at radius 2 is 2.23 bits per heavy atom. The zero-order valence-electron chi connectivity index (χ0n) is 6.70. The molecule has 1 atom stereocenters. The lowest BCUT2D eigenvalue weighted by Gasteiger charge is -2.15. The van der Waals surface area contributed by atoms with Crippen molar-refractivity contribution in [2.24, 2.45) is 0 Å². The van der Waals surface area contributed by atoms with Gasteiger partial charge in [-0.05, 0) is 11.6 Å². The summed E-state index contributed by atoms with van der Waals surface area (Å²) in [4.78, 5) is 26.3. The number of fused-ring (bicyclic) bond motifs is 1. The lowest BCUT2D eigenvalue weighted by Crippen LogP contribution is -2.40. The van der Waals surface area contributed by atoms with Gasteiger partial charge < -0.3 is 0 Å². The lowest BCUT2D eigenvalue weighted by atomic mass is 10.0. The van der Waals surface area contributed by atoms with Gasteiger partial charge in [0.1, 0.15) is 0 Å². The molecule has 1 N–H and O–H groups in total. The first-order valence-corrected chi connectivity index (χ1v) is 4.34. The van der Waals surface area contributed by atoms with Crippen LogP contribution in [0.5, 0.6) is 0 Å². The molecule has 0 fully saturated rings. The molecule has 1 aliphatic rings.